The summed E-state index contributed by atoms with van der Waals surface area (Å²) < 4.78 is 0. The molecule has 0 unspecified atom stereocenters. The lowest BCUT2D eigenvalue weighted by Crippen LogP contribution is -2.34. The van der Waals surface area contributed by atoms with Crippen LogP contribution in [0.3, 0.4) is 0 Å². The minimum absolute atomic E-state index is 0.0379. The van der Waals surface area contributed by atoms with Gasteiger partial charge in [0, 0.05) is 11.1 Å². The van der Waals surface area contributed by atoms with E-state index in [1.54, 1.807) is 0 Å². The fraction of sp³-hybridized carbons (Fsp3) is 0.529. The molecule has 0 aliphatic heterocycles. The van der Waals surface area contributed by atoms with E-state index >= 15 is 0 Å². The van der Waals surface area contributed by atoms with Crippen LogP contribution in [0.5, 0.6) is 0 Å². The summed E-state index contributed by atoms with van der Waals surface area (Å²) in [6, 6.07) is 3.88. The molecule has 1 aromatic rings. The number of ketones is 1. The quantitative estimate of drug-likeness (QED) is 0.592. The molecule has 2 rings (SSSR count). The Morgan fingerprint density at radius 3 is 1.95 bits per heavy atom. The highest BCUT2D eigenvalue weighted by Crippen LogP contribution is 2.46. The summed E-state index contributed by atoms with van der Waals surface area (Å²) in [4.78, 5) is 23.0. The van der Waals surface area contributed by atoms with Crippen molar-refractivity contribution >= 4 is 12.1 Å². The molecule has 2 nitrogen and oxygen atoms in total. The summed E-state index contributed by atoms with van der Waals surface area (Å²) in [5, 5.41) is 0. The molecule has 0 heterocycles. The van der Waals surface area contributed by atoms with Crippen LogP contribution in [-0.2, 0) is 10.8 Å². The summed E-state index contributed by atoms with van der Waals surface area (Å²) >= 11 is 0. The molecule has 1 aliphatic rings. The van der Waals surface area contributed by atoms with Gasteiger partial charge in [0.15, 0.2) is 12.1 Å². The average molecular weight is 258 g/mol. The molecule has 2 heteroatoms. The lowest BCUT2D eigenvalue weighted by Gasteiger charge is -2.42. The maximum atomic E-state index is 11.7. The lowest BCUT2D eigenvalue weighted by molar-refractivity contribution is 0.100. The fourth-order valence-electron chi connectivity index (χ4n) is 3.03. The van der Waals surface area contributed by atoms with E-state index in [1.807, 2.05) is 12.1 Å². The Bertz CT molecular complexity index is 551. The van der Waals surface area contributed by atoms with Gasteiger partial charge in [-0.3, -0.25) is 9.59 Å². The van der Waals surface area contributed by atoms with Crippen molar-refractivity contribution in [2.24, 2.45) is 0 Å². The topological polar surface area (TPSA) is 34.1 Å². The summed E-state index contributed by atoms with van der Waals surface area (Å²) in [6.45, 7) is 10.4. The van der Waals surface area contributed by atoms with Gasteiger partial charge < -0.3 is 0 Å². The van der Waals surface area contributed by atoms with Crippen LogP contribution in [0.2, 0.25) is 0 Å². The molecular weight excluding hydrogens is 236 g/mol. The van der Waals surface area contributed by atoms with E-state index in [0.29, 0.717) is 11.1 Å². The third kappa shape index (κ3) is 2.24. The Balaban J connectivity index is 2.77. The van der Waals surface area contributed by atoms with Gasteiger partial charge in [-0.2, -0.15) is 0 Å². The third-order valence-corrected chi connectivity index (χ3v) is 4.53. The van der Waals surface area contributed by atoms with E-state index in [9.17, 15) is 9.59 Å². The van der Waals surface area contributed by atoms with Gasteiger partial charge in [-0.25, -0.2) is 0 Å². The molecular formula is C17H22O2. The normalized spacial score (nSPS) is 19.6. The second-order valence-corrected chi connectivity index (χ2v) is 6.93. The zero-order chi connectivity index (χ0) is 14.4. The predicted molar refractivity (Wildman–Crippen MR) is 77.1 cm³/mol. The Kier molecular flexibility index (Phi) is 3.16. The number of hydrogen-bond donors (Lipinski definition) is 0. The minimum atomic E-state index is -0.0379. The van der Waals surface area contributed by atoms with E-state index in [2.05, 4.69) is 27.7 Å². The Labute approximate surface area is 115 Å². The molecule has 102 valence electrons. The number of Topliss-reactive ketones (excluding diaryl/α,β-unsaturated/α-hetero) is 1. The summed E-state index contributed by atoms with van der Waals surface area (Å²) in [5.41, 5.74) is 3.65. The van der Waals surface area contributed by atoms with Gasteiger partial charge in [-0.05, 0) is 53.9 Å². The van der Waals surface area contributed by atoms with Gasteiger partial charge in [0.2, 0.25) is 0 Å². The molecule has 0 spiro atoms. The third-order valence-electron chi connectivity index (χ3n) is 4.53. The molecule has 0 atom stereocenters. The monoisotopic (exact) mass is 258 g/mol. The number of rotatable bonds is 2. The van der Waals surface area contributed by atoms with Crippen LogP contribution in [0, 0.1) is 0 Å². The van der Waals surface area contributed by atoms with Crippen LogP contribution < -0.4 is 0 Å². The van der Waals surface area contributed by atoms with Gasteiger partial charge in [-0.1, -0.05) is 27.7 Å². The van der Waals surface area contributed by atoms with Crippen LogP contribution in [0.4, 0.5) is 0 Å². The molecule has 0 saturated heterocycles. The van der Waals surface area contributed by atoms with E-state index in [0.717, 1.165) is 19.1 Å². The molecule has 0 bridgehead atoms. The molecule has 0 amide bonds. The van der Waals surface area contributed by atoms with Gasteiger partial charge in [-0.15, -0.1) is 0 Å². The van der Waals surface area contributed by atoms with Crippen molar-refractivity contribution in [1.82, 2.24) is 0 Å². The fourth-order valence-corrected chi connectivity index (χ4v) is 3.03. The van der Waals surface area contributed by atoms with E-state index < -0.39 is 0 Å². The van der Waals surface area contributed by atoms with Gasteiger partial charge in [0.25, 0.3) is 0 Å². The highest BCUT2D eigenvalue weighted by atomic mass is 16.1. The zero-order valence-corrected chi connectivity index (χ0v) is 12.5. The van der Waals surface area contributed by atoms with Gasteiger partial charge >= 0.3 is 0 Å². The van der Waals surface area contributed by atoms with Crippen molar-refractivity contribution in [2.45, 2.75) is 58.3 Å². The van der Waals surface area contributed by atoms with Crippen LogP contribution in [0.1, 0.15) is 79.3 Å². The molecule has 0 radical (unpaired) electrons. The molecule has 1 aliphatic carbocycles. The smallest absolute Gasteiger partial charge is 0.160 e. The number of benzene rings is 1. The maximum Gasteiger partial charge on any atom is 0.160 e. The molecule has 0 saturated carbocycles. The van der Waals surface area contributed by atoms with E-state index in [-0.39, 0.29) is 16.6 Å². The minimum Gasteiger partial charge on any atom is -0.298 e. The van der Waals surface area contributed by atoms with Crippen LogP contribution in [0.25, 0.3) is 0 Å². The van der Waals surface area contributed by atoms with Crippen molar-refractivity contribution in [3.63, 3.8) is 0 Å². The Morgan fingerprint density at radius 2 is 1.53 bits per heavy atom. The van der Waals surface area contributed by atoms with Crippen LogP contribution in [-0.4, -0.2) is 12.1 Å². The lowest BCUT2D eigenvalue weighted by atomic mass is 9.62. The second kappa shape index (κ2) is 4.29. The second-order valence-electron chi connectivity index (χ2n) is 6.93. The molecule has 1 aromatic carbocycles. The van der Waals surface area contributed by atoms with Crippen molar-refractivity contribution in [2.75, 3.05) is 0 Å². The summed E-state index contributed by atoms with van der Waals surface area (Å²) in [5.74, 6) is -0.0379. The highest BCUT2D eigenvalue weighted by molar-refractivity contribution is 6.01. The predicted octanol–water partition coefficient (Wildman–Crippen LogP) is 4.05. The Hall–Kier alpha value is -1.44. The zero-order valence-electron chi connectivity index (χ0n) is 12.5. The highest BCUT2D eigenvalue weighted by Gasteiger charge is 2.37. The number of aldehydes is 1. The van der Waals surface area contributed by atoms with E-state index in [1.165, 1.54) is 18.1 Å². The first-order valence-corrected chi connectivity index (χ1v) is 6.84. The average Bonchev–Trinajstić information content (AvgIpc) is 2.33. The SMILES string of the molecule is CC(=O)c1cc2c(cc1C=O)C(C)(C)CCC2(C)C. The maximum absolute atomic E-state index is 11.7. The molecule has 0 N–H and O–H groups in total. The van der Waals surface area contributed by atoms with Crippen LogP contribution in [0.15, 0.2) is 12.1 Å². The number of carbonyl (C=O) groups excluding carboxylic acids is 2. The Morgan fingerprint density at radius 1 is 1.05 bits per heavy atom. The molecule has 0 fully saturated rings. The first kappa shape index (κ1) is 14.0. The first-order chi connectivity index (χ1) is 8.69. The van der Waals surface area contributed by atoms with Crippen molar-refractivity contribution in [3.8, 4) is 0 Å². The largest absolute Gasteiger partial charge is 0.298 e. The summed E-state index contributed by atoms with van der Waals surface area (Å²) in [6.07, 6.45) is 3.00. The number of carbonyl (C=O) groups is 2. The standard InChI is InChI=1S/C17H22O2/c1-11(19)13-9-15-14(8-12(13)10-18)16(2,3)6-7-17(15,4)5/h8-10H,6-7H2,1-5H3. The molecule has 19 heavy (non-hydrogen) atoms. The van der Waals surface area contributed by atoms with Crippen LogP contribution >= 0.6 is 0 Å². The van der Waals surface area contributed by atoms with Gasteiger partial charge in [0.05, 0.1) is 0 Å². The van der Waals surface area contributed by atoms with Gasteiger partial charge in [0.1, 0.15) is 0 Å². The van der Waals surface area contributed by atoms with E-state index in [4.69, 9.17) is 0 Å². The van der Waals surface area contributed by atoms with Crippen molar-refractivity contribution < 1.29 is 9.59 Å². The van der Waals surface area contributed by atoms with Crippen molar-refractivity contribution in [1.29, 1.82) is 0 Å². The number of fused-ring (bicyclic) bond motifs is 1. The summed E-state index contributed by atoms with van der Waals surface area (Å²) in [7, 11) is 0. The first-order valence-electron chi connectivity index (χ1n) is 6.84. The van der Waals surface area contributed by atoms with Crippen molar-refractivity contribution in [3.05, 3.63) is 34.4 Å². The number of hydrogen-bond acceptors (Lipinski definition) is 2. The molecule has 0 aromatic heterocycles.